The van der Waals surface area contributed by atoms with E-state index in [1.54, 1.807) is 20.8 Å². The molecule has 104 valence electrons. The van der Waals surface area contributed by atoms with Crippen molar-refractivity contribution < 1.29 is 28.6 Å². The second kappa shape index (κ2) is 8.07. The first-order valence-electron chi connectivity index (χ1n) is 5.58. The summed E-state index contributed by atoms with van der Waals surface area (Å²) in [5.74, 6) is -2.92. The molecule has 0 N–H and O–H groups in total. The summed E-state index contributed by atoms with van der Waals surface area (Å²) in [5, 5.41) is -0.253. The maximum Gasteiger partial charge on any atom is 0.336 e. The van der Waals surface area contributed by atoms with Crippen molar-refractivity contribution in [2.24, 2.45) is 5.41 Å². The van der Waals surface area contributed by atoms with Crippen LogP contribution < -0.4 is 0 Å². The fourth-order valence-electron chi connectivity index (χ4n) is 1.18. The molecular weight excluding hydrogens is 308 g/mol. The van der Waals surface area contributed by atoms with E-state index in [4.69, 9.17) is 14.2 Å². The molecule has 0 aromatic carbocycles. The quantitative estimate of drug-likeness (QED) is 0.301. The molecule has 0 heterocycles. The molecule has 0 radical (unpaired) electrons. The molecule has 18 heavy (non-hydrogen) atoms. The zero-order chi connectivity index (χ0) is 14.2. The van der Waals surface area contributed by atoms with Crippen LogP contribution in [-0.2, 0) is 28.6 Å². The molecule has 0 amide bonds. The number of alkyl halides is 1. The second-order valence-corrected chi connectivity index (χ2v) is 3.76. The van der Waals surface area contributed by atoms with Crippen LogP contribution in [-0.4, -0.2) is 43.1 Å². The first-order chi connectivity index (χ1) is 8.50. The molecule has 0 spiro atoms. The van der Waals surface area contributed by atoms with Gasteiger partial charge >= 0.3 is 17.9 Å². The SMILES string of the molecule is CCOC(=O)C(CBr)(C(=O)OCC)C(=O)OCC. The van der Waals surface area contributed by atoms with Crippen LogP contribution in [0, 0.1) is 5.41 Å². The second-order valence-electron chi connectivity index (χ2n) is 3.20. The minimum atomic E-state index is -2.10. The van der Waals surface area contributed by atoms with Crippen molar-refractivity contribution in [3.05, 3.63) is 0 Å². The number of esters is 3. The summed E-state index contributed by atoms with van der Waals surface area (Å²) in [7, 11) is 0. The number of hydrogen-bond acceptors (Lipinski definition) is 6. The lowest BCUT2D eigenvalue weighted by Gasteiger charge is -2.24. The minimum absolute atomic E-state index is 0.0480. The topological polar surface area (TPSA) is 78.9 Å². The van der Waals surface area contributed by atoms with Crippen LogP contribution in [0.1, 0.15) is 20.8 Å². The van der Waals surface area contributed by atoms with Crippen LogP contribution in [0.3, 0.4) is 0 Å². The van der Waals surface area contributed by atoms with Crippen molar-refractivity contribution in [2.75, 3.05) is 25.2 Å². The molecule has 0 atom stereocenters. The normalized spacial score (nSPS) is 10.7. The maximum absolute atomic E-state index is 11.9. The molecule has 0 aromatic rings. The highest BCUT2D eigenvalue weighted by Crippen LogP contribution is 2.27. The van der Waals surface area contributed by atoms with Crippen molar-refractivity contribution in [3.8, 4) is 0 Å². The summed E-state index contributed by atoms with van der Waals surface area (Å²) in [5.41, 5.74) is -2.10. The van der Waals surface area contributed by atoms with Gasteiger partial charge < -0.3 is 14.2 Å². The van der Waals surface area contributed by atoms with Crippen LogP contribution in [0.2, 0.25) is 0 Å². The molecule has 0 rings (SSSR count). The van der Waals surface area contributed by atoms with Crippen LogP contribution in [0.25, 0.3) is 0 Å². The van der Waals surface area contributed by atoms with Gasteiger partial charge in [0.15, 0.2) is 0 Å². The zero-order valence-corrected chi connectivity index (χ0v) is 12.2. The average Bonchev–Trinajstić information content (AvgIpc) is 2.31. The molecule has 7 heteroatoms. The van der Waals surface area contributed by atoms with Gasteiger partial charge in [-0.15, -0.1) is 0 Å². The van der Waals surface area contributed by atoms with E-state index in [2.05, 4.69) is 15.9 Å². The molecule has 0 aromatic heterocycles. The van der Waals surface area contributed by atoms with Gasteiger partial charge in [-0.25, -0.2) is 0 Å². The lowest BCUT2D eigenvalue weighted by atomic mass is 9.91. The summed E-state index contributed by atoms with van der Waals surface area (Å²) in [6, 6.07) is 0. The Bertz CT molecular complexity index is 269. The van der Waals surface area contributed by atoms with E-state index in [1.807, 2.05) is 0 Å². The molecule has 0 bridgehead atoms. The largest absolute Gasteiger partial charge is 0.465 e. The van der Waals surface area contributed by atoms with Crippen LogP contribution >= 0.6 is 15.9 Å². The van der Waals surface area contributed by atoms with Gasteiger partial charge in [0, 0.05) is 5.33 Å². The molecule has 0 fully saturated rings. The highest BCUT2D eigenvalue weighted by Gasteiger charge is 2.56. The van der Waals surface area contributed by atoms with Crippen LogP contribution in [0.15, 0.2) is 0 Å². The standard InChI is InChI=1S/C11H17BrO6/c1-4-16-8(13)11(7-12,9(14)17-5-2)10(15)18-6-3/h4-7H2,1-3H3. The van der Waals surface area contributed by atoms with E-state index in [9.17, 15) is 14.4 Å². The summed E-state index contributed by atoms with van der Waals surface area (Å²) >= 11 is 2.98. The zero-order valence-electron chi connectivity index (χ0n) is 10.7. The molecular formula is C11H17BrO6. The van der Waals surface area contributed by atoms with Crippen LogP contribution in [0.4, 0.5) is 0 Å². The van der Waals surface area contributed by atoms with Crippen LogP contribution in [0.5, 0.6) is 0 Å². The Morgan fingerprint density at radius 1 is 0.833 bits per heavy atom. The van der Waals surface area contributed by atoms with Crippen molar-refractivity contribution >= 4 is 33.8 Å². The summed E-state index contributed by atoms with van der Waals surface area (Å²) in [4.78, 5) is 35.6. The number of carbonyl (C=O) groups excluding carboxylic acids is 3. The Morgan fingerprint density at radius 3 is 1.28 bits per heavy atom. The van der Waals surface area contributed by atoms with Crippen molar-refractivity contribution in [1.29, 1.82) is 0 Å². The van der Waals surface area contributed by atoms with E-state index < -0.39 is 23.3 Å². The molecule has 0 saturated carbocycles. The molecule has 6 nitrogen and oxygen atoms in total. The third-order valence-electron chi connectivity index (χ3n) is 2.07. The van der Waals surface area contributed by atoms with E-state index >= 15 is 0 Å². The maximum atomic E-state index is 11.9. The Hall–Kier alpha value is -1.11. The number of rotatable bonds is 7. The molecule has 0 unspecified atom stereocenters. The predicted molar refractivity (Wildman–Crippen MR) is 66.1 cm³/mol. The minimum Gasteiger partial charge on any atom is -0.465 e. The number of halogens is 1. The van der Waals surface area contributed by atoms with Gasteiger partial charge in [-0.2, -0.15) is 0 Å². The fraction of sp³-hybridized carbons (Fsp3) is 0.727. The predicted octanol–water partition coefficient (Wildman–Crippen LogP) is 1.06. The number of carbonyl (C=O) groups is 3. The lowest BCUT2D eigenvalue weighted by molar-refractivity contribution is -0.181. The Kier molecular flexibility index (Phi) is 7.58. The third kappa shape index (κ3) is 3.44. The monoisotopic (exact) mass is 324 g/mol. The number of hydrogen-bond donors (Lipinski definition) is 0. The highest BCUT2D eigenvalue weighted by atomic mass is 79.9. The third-order valence-corrected chi connectivity index (χ3v) is 2.91. The molecule has 0 aliphatic heterocycles. The fourth-order valence-corrected chi connectivity index (χ4v) is 1.86. The first kappa shape index (κ1) is 16.9. The van der Waals surface area contributed by atoms with Gasteiger partial charge in [-0.05, 0) is 20.8 Å². The van der Waals surface area contributed by atoms with Gasteiger partial charge in [0.25, 0.3) is 5.41 Å². The highest BCUT2D eigenvalue weighted by molar-refractivity contribution is 9.09. The van der Waals surface area contributed by atoms with E-state index in [0.29, 0.717) is 0 Å². The van der Waals surface area contributed by atoms with Gasteiger partial charge in [-0.3, -0.25) is 14.4 Å². The molecule has 0 aliphatic rings. The Morgan fingerprint density at radius 2 is 1.11 bits per heavy atom. The van der Waals surface area contributed by atoms with Crippen molar-refractivity contribution in [3.63, 3.8) is 0 Å². The van der Waals surface area contributed by atoms with Gasteiger partial charge in [0.2, 0.25) is 0 Å². The van der Waals surface area contributed by atoms with Gasteiger partial charge in [0.05, 0.1) is 19.8 Å². The van der Waals surface area contributed by atoms with Gasteiger partial charge in [-0.1, -0.05) is 15.9 Å². The molecule has 0 saturated heterocycles. The van der Waals surface area contributed by atoms with E-state index in [1.165, 1.54) is 0 Å². The van der Waals surface area contributed by atoms with E-state index in [-0.39, 0.29) is 25.2 Å². The molecule has 0 aliphatic carbocycles. The number of ether oxygens (including phenoxy) is 3. The first-order valence-corrected chi connectivity index (χ1v) is 6.70. The summed E-state index contributed by atoms with van der Waals surface area (Å²) < 4.78 is 14.3. The smallest absolute Gasteiger partial charge is 0.336 e. The lowest BCUT2D eigenvalue weighted by Crippen LogP contribution is -2.50. The Balaban J connectivity index is 5.38. The van der Waals surface area contributed by atoms with E-state index in [0.717, 1.165) is 0 Å². The van der Waals surface area contributed by atoms with Crippen molar-refractivity contribution in [2.45, 2.75) is 20.8 Å². The summed E-state index contributed by atoms with van der Waals surface area (Å²) in [6.45, 7) is 4.87. The van der Waals surface area contributed by atoms with Gasteiger partial charge in [0.1, 0.15) is 0 Å². The Labute approximate surface area is 114 Å². The summed E-state index contributed by atoms with van der Waals surface area (Å²) in [6.07, 6.45) is 0. The van der Waals surface area contributed by atoms with Crippen molar-refractivity contribution in [1.82, 2.24) is 0 Å². The average molecular weight is 325 g/mol.